The lowest BCUT2D eigenvalue weighted by Gasteiger charge is -2.07. The number of nitrogens with one attached hydrogen (secondary N) is 1. The fourth-order valence-corrected chi connectivity index (χ4v) is 3.06. The van der Waals surface area contributed by atoms with Crippen LogP contribution in [0, 0.1) is 20.8 Å². The highest BCUT2D eigenvalue weighted by Crippen LogP contribution is 2.18. The molecule has 7 nitrogen and oxygen atoms in total. The molecule has 0 spiro atoms. The molecule has 140 valence electrons. The summed E-state index contributed by atoms with van der Waals surface area (Å²) >= 11 is 0. The first-order chi connectivity index (χ1) is 13.5. The number of carbonyl (C=O) groups is 1. The van der Waals surface area contributed by atoms with Crippen molar-refractivity contribution in [3.05, 3.63) is 83.4 Å². The Morgan fingerprint density at radius 2 is 1.86 bits per heavy atom. The van der Waals surface area contributed by atoms with Crippen molar-refractivity contribution in [3.8, 4) is 11.4 Å². The molecular formula is C21H20N6O. The third-order valence-electron chi connectivity index (χ3n) is 4.44. The Labute approximate surface area is 162 Å². The molecule has 1 amide bonds. The Morgan fingerprint density at radius 1 is 1.00 bits per heavy atom. The largest absolute Gasteiger partial charge is 0.320 e. The molecule has 0 aliphatic rings. The van der Waals surface area contributed by atoms with Crippen molar-refractivity contribution in [1.29, 1.82) is 0 Å². The van der Waals surface area contributed by atoms with E-state index in [-0.39, 0.29) is 5.91 Å². The molecule has 0 saturated heterocycles. The number of aryl methyl sites for hydroxylation is 3. The first-order valence-corrected chi connectivity index (χ1v) is 8.94. The number of hydrogen-bond acceptors (Lipinski definition) is 4. The average molecular weight is 372 g/mol. The Balaban J connectivity index is 1.59. The lowest BCUT2D eigenvalue weighted by molar-refractivity contribution is 0.102. The number of nitrogens with zero attached hydrogens (tertiary/aromatic N) is 5. The van der Waals surface area contributed by atoms with Crippen LogP contribution in [0.2, 0.25) is 0 Å². The second kappa shape index (κ2) is 7.11. The maximum absolute atomic E-state index is 12.8. The van der Waals surface area contributed by atoms with Crippen LogP contribution in [0.4, 0.5) is 5.69 Å². The monoisotopic (exact) mass is 372 g/mol. The molecule has 2 heterocycles. The third-order valence-corrected chi connectivity index (χ3v) is 4.44. The molecule has 0 unspecified atom stereocenters. The first kappa shape index (κ1) is 17.7. The summed E-state index contributed by atoms with van der Waals surface area (Å²) < 4.78 is 1.73. The molecule has 0 atom stereocenters. The summed E-state index contributed by atoms with van der Waals surface area (Å²) in [5.74, 6) is -0.300. The number of aromatic nitrogens is 5. The molecule has 2 aromatic heterocycles. The van der Waals surface area contributed by atoms with E-state index in [4.69, 9.17) is 0 Å². The quantitative estimate of drug-likeness (QED) is 0.593. The highest BCUT2D eigenvalue weighted by molar-refractivity contribution is 6.03. The predicted octanol–water partition coefficient (Wildman–Crippen LogP) is 3.63. The van der Waals surface area contributed by atoms with Crippen LogP contribution >= 0.6 is 0 Å². The maximum Gasteiger partial charge on any atom is 0.278 e. The van der Waals surface area contributed by atoms with Crippen LogP contribution in [-0.2, 0) is 0 Å². The molecule has 0 fully saturated rings. The summed E-state index contributed by atoms with van der Waals surface area (Å²) in [5.41, 5.74) is 5.46. The van der Waals surface area contributed by atoms with Crippen molar-refractivity contribution >= 4 is 11.6 Å². The summed E-state index contributed by atoms with van der Waals surface area (Å²) in [6.45, 7) is 5.82. The second-order valence-corrected chi connectivity index (χ2v) is 6.67. The summed E-state index contributed by atoms with van der Waals surface area (Å²) in [7, 11) is 0. The van der Waals surface area contributed by atoms with Crippen LogP contribution in [0.5, 0.6) is 0 Å². The summed E-state index contributed by atoms with van der Waals surface area (Å²) in [6, 6.07) is 15.3. The van der Waals surface area contributed by atoms with Gasteiger partial charge in [0, 0.05) is 18.1 Å². The minimum absolute atomic E-state index is 0.296. The summed E-state index contributed by atoms with van der Waals surface area (Å²) in [4.78, 5) is 14.3. The van der Waals surface area contributed by atoms with Gasteiger partial charge in [-0.2, -0.15) is 15.0 Å². The Bertz CT molecular complexity index is 1140. The van der Waals surface area contributed by atoms with Crippen LogP contribution in [0.15, 0.2) is 60.9 Å². The number of carbonyl (C=O) groups excluding carboxylic acids is 1. The van der Waals surface area contributed by atoms with Gasteiger partial charge in [0.25, 0.3) is 5.91 Å². The van der Waals surface area contributed by atoms with E-state index in [1.54, 1.807) is 17.8 Å². The molecule has 7 heteroatoms. The molecule has 0 radical (unpaired) electrons. The van der Waals surface area contributed by atoms with E-state index in [2.05, 4.69) is 26.7 Å². The zero-order valence-electron chi connectivity index (χ0n) is 15.9. The van der Waals surface area contributed by atoms with E-state index in [0.717, 1.165) is 16.9 Å². The van der Waals surface area contributed by atoms with Crippen molar-refractivity contribution < 1.29 is 4.79 Å². The van der Waals surface area contributed by atoms with Gasteiger partial charge in [-0.05, 0) is 56.7 Å². The number of amides is 1. The number of anilines is 1. The second-order valence-electron chi connectivity index (χ2n) is 6.67. The van der Waals surface area contributed by atoms with E-state index in [0.29, 0.717) is 17.1 Å². The fourth-order valence-electron chi connectivity index (χ4n) is 3.06. The SMILES string of the molecule is Cc1ccc(-n2nc(C)c(C(=O)Nc3cccc(-n4cccn4)c3)n2)c(C)c1. The Kier molecular flexibility index (Phi) is 4.49. The maximum atomic E-state index is 12.8. The van der Waals surface area contributed by atoms with Crippen LogP contribution < -0.4 is 5.32 Å². The normalized spacial score (nSPS) is 10.8. The van der Waals surface area contributed by atoms with Gasteiger partial charge in [-0.15, -0.1) is 5.10 Å². The highest BCUT2D eigenvalue weighted by atomic mass is 16.2. The predicted molar refractivity (Wildman–Crippen MR) is 107 cm³/mol. The van der Waals surface area contributed by atoms with E-state index in [1.165, 1.54) is 10.4 Å². The van der Waals surface area contributed by atoms with Gasteiger partial charge in [0.2, 0.25) is 0 Å². The third kappa shape index (κ3) is 3.42. The van der Waals surface area contributed by atoms with Gasteiger partial charge in [-0.25, -0.2) is 4.68 Å². The zero-order chi connectivity index (χ0) is 19.7. The van der Waals surface area contributed by atoms with Crippen LogP contribution in [0.25, 0.3) is 11.4 Å². The zero-order valence-corrected chi connectivity index (χ0v) is 15.9. The molecule has 0 aliphatic carbocycles. The topological polar surface area (TPSA) is 77.6 Å². The van der Waals surface area contributed by atoms with Gasteiger partial charge in [-0.3, -0.25) is 4.79 Å². The molecular weight excluding hydrogens is 352 g/mol. The van der Waals surface area contributed by atoms with Crippen LogP contribution in [0.3, 0.4) is 0 Å². The van der Waals surface area contributed by atoms with Gasteiger partial charge < -0.3 is 5.32 Å². The molecule has 0 bridgehead atoms. The lowest BCUT2D eigenvalue weighted by Crippen LogP contribution is -2.14. The van der Waals surface area contributed by atoms with E-state index >= 15 is 0 Å². The number of rotatable bonds is 4. The van der Waals surface area contributed by atoms with Gasteiger partial charge in [0.15, 0.2) is 5.69 Å². The van der Waals surface area contributed by atoms with Crippen molar-refractivity contribution in [1.82, 2.24) is 24.8 Å². The van der Waals surface area contributed by atoms with Crippen LogP contribution in [0.1, 0.15) is 27.3 Å². The Morgan fingerprint density at radius 3 is 2.61 bits per heavy atom. The van der Waals surface area contributed by atoms with Crippen molar-refractivity contribution in [3.63, 3.8) is 0 Å². The minimum Gasteiger partial charge on any atom is -0.320 e. The van der Waals surface area contributed by atoms with Gasteiger partial charge in [-0.1, -0.05) is 23.8 Å². The minimum atomic E-state index is -0.300. The number of benzene rings is 2. The van der Waals surface area contributed by atoms with Crippen molar-refractivity contribution in [2.75, 3.05) is 5.32 Å². The van der Waals surface area contributed by atoms with Gasteiger partial charge in [0.05, 0.1) is 17.1 Å². The Hall–Kier alpha value is -3.74. The fraction of sp³-hybridized carbons (Fsp3) is 0.143. The van der Waals surface area contributed by atoms with Crippen molar-refractivity contribution in [2.24, 2.45) is 0 Å². The molecule has 0 saturated carbocycles. The summed E-state index contributed by atoms with van der Waals surface area (Å²) in [5, 5.41) is 15.9. The lowest BCUT2D eigenvalue weighted by atomic mass is 10.1. The molecule has 4 rings (SSSR count). The van der Waals surface area contributed by atoms with Gasteiger partial charge >= 0.3 is 0 Å². The van der Waals surface area contributed by atoms with E-state index in [9.17, 15) is 4.79 Å². The number of hydrogen-bond donors (Lipinski definition) is 1. The molecule has 1 N–H and O–H groups in total. The average Bonchev–Trinajstić information content (AvgIpc) is 3.32. The van der Waals surface area contributed by atoms with Crippen molar-refractivity contribution in [2.45, 2.75) is 20.8 Å². The smallest absolute Gasteiger partial charge is 0.278 e. The summed E-state index contributed by atoms with van der Waals surface area (Å²) in [6.07, 6.45) is 3.56. The van der Waals surface area contributed by atoms with E-state index in [1.807, 2.05) is 62.5 Å². The molecule has 4 aromatic rings. The molecule has 0 aliphatic heterocycles. The van der Waals surface area contributed by atoms with Crippen LogP contribution in [-0.4, -0.2) is 30.7 Å². The first-order valence-electron chi connectivity index (χ1n) is 8.94. The molecule has 28 heavy (non-hydrogen) atoms. The standard InChI is InChI=1S/C21H20N6O/c1-14-8-9-19(15(2)12-14)27-24-16(3)20(25-27)21(28)23-17-6-4-7-18(13-17)26-11-5-10-22-26/h4-13H,1-3H3,(H,23,28). The van der Waals surface area contributed by atoms with E-state index < -0.39 is 0 Å². The molecule has 2 aromatic carbocycles. The van der Waals surface area contributed by atoms with Gasteiger partial charge in [0.1, 0.15) is 0 Å². The highest BCUT2D eigenvalue weighted by Gasteiger charge is 2.17.